The fourth-order valence-corrected chi connectivity index (χ4v) is 3.96. The van der Waals surface area contributed by atoms with E-state index in [-0.39, 0.29) is 23.9 Å². The number of hydrogen-bond acceptors (Lipinski definition) is 7. The summed E-state index contributed by atoms with van der Waals surface area (Å²) in [5, 5.41) is 0.835. The van der Waals surface area contributed by atoms with Gasteiger partial charge in [-0.15, -0.1) is 11.3 Å². The van der Waals surface area contributed by atoms with E-state index in [1.165, 1.54) is 11.3 Å². The third kappa shape index (κ3) is 4.13. The summed E-state index contributed by atoms with van der Waals surface area (Å²) in [7, 11) is 0. The van der Waals surface area contributed by atoms with Crippen molar-refractivity contribution in [1.29, 1.82) is 0 Å². The molecule has 7 nitrogen and oxygen atoms in total. The summed E-state index contributed by atoms with van der Waals surface area (Å²) in [4.78, 5) is 28.0. The molecule has 3 rings (SSSR count). The maximum absolute atomic E-state index is 12.8. The van der Waals surface area contributed by atoms with E-state index in [1.807, 2.05) is 24.8 Å². The van der Waals surface area contributed by atoms with Crippen molar-refractivity contribution in [3.63, 3.8) is 0 Å². The van der Waals surface area contributed by atoms with Crippen LogP contribution in [0, 0.1) is 0 Å². The Morgan fingerprint density at radius 1 is 1.52 bits per heavy atom. The lowest BCUT2D eigenvalue weighted by Crippen LogP contribution is -2.39. The molecule has 2 N–H and O–H groups in total. The summed E-state index contributed by atoms with van der Waals surface area (Å²) in [6.45, 7) is 5.92. The van der Waals surface area contributed by atoms with Crippen molar-refractivity contribution in [2.45, 2.75) is 38.7 Å². The first-order valence-corrected chi connectivity index (χ1v) is 9.35. The van der Waals surface area contributed by atoms with Crippen molar-refractivity contribution in [3.8, 4) is 0 Å². The standard InChI is InChI=1S/C17H23N5O2S/c1-3-24-11(2)15-20-9-14(25-15)16(23)22-8-4-5-12(10-22)13-6-7-19-17(18)21-13/h6-7,9,11-12H,3-5,8,10H2,1-2H3,(H2,18,19,21). The molecule has 0 saturated carbocycles. The van der Waals surface area contributed by atoms with Crippen LogP contribution in [0.5, 0.6) is 0 Å². The van der Waals surface area contributed by atoms with Crippen molar-refractivity contribution in [2.24, 2.45) is 0 Å². The van der Waals surface area contributed by atoms with E-state index in [2.05, 4.69) is 15.0 Å². The summed E-state index contributed by atoms with van der Waals surface area (Å²) in [5.41, 5.74) is 6.59. The van der Waals surface area contributed by atoms with Gasteiger partial charge in [-0.1, -0.05) is 0 Å². The molecule has 8 heteroatoms. The topological polar surface area (TPSA) is 94.2 Å². The van der Waals surface area contributed by atoms with E-state index in [0.717, 1.165) is 30.1 Å². The number of ether oxygens (including phenoxy) is 1. The maximum atomic E-state index is 12.8. The monoisotopic (exact) mass is 361 g/mol. The Balaban J connectivity index is 1.70. The molecule has 0 spiro atoms. The molecule has 0 radical (unpaired) electrons. The zero-order valence-electron chi connectivity index (χ0n) is 14.5. The number of thiazole rings is 1. The number of piperidine rings is 1. The van der Waals surface area contributed by atoms with Crippen LogP contribution in [-0.4, -0.2) is 45.5 Å². The SMILES string of the molecule is CCOC(C)c1ncc(C(=O)N2CCCC(c3ccnc(N)n3)C2)s1. The summed E-state index contributed by atoms with van der Waals surface area (Å²) in [6.07, 6.45) is 5.18. The van der Waals surface area contributed by atoms with Gasteiger partial charge >= 0.3 is 0 Å². The fraction of sp³-hybridized carbons (Fsp3) is 0.529. The first kappa shape index (κ1) is 17.8. The number of nitrogens with two attached hydrogens (primary N) is 1. The zero-order chi connectivity index (χ0) is 17.8. The smallest absolute Gasteiger partial charge is 0.265 e. The maximum Gasteiger partial charge on any atom is 0.265 e. The minimum absolute atomic E-state index is 0.0270. The van der Waals surface area contributed by atoms with Crippen LogP contribution < -0.4 is 5.73 Å². The molecule has 1 aliphatic heterocycles. The number of nitrogens with zero attached hydrogens (tertiary/aromatic N) is 4. The van der Waals surface area contributed by atoms with E-state index in [0.29, 0.717) is 18.0 Å². The van der Waals surface area contributed by atoms with Crippen LogP contribution in [0.3, 0.4) is 0 Å². The molecule has 2 atom stereocenters. The molecule has 1 saturated heterocycles. The molecule has 3 heterocycles. The molecule has 1 amide bonds. The molecular weight excluding hydrogens is 338 g/mol. The number of carbonyl (C=O) groups is 1. The van der Waals surface area contributed by atoms with Gasteiger partial charge in [0.2, 0.25) is 5.95 Å². The molecule has 0 aromatic carbocycles. The van der Waals surface area contributed by atoms with Crippen LogP contribution >= 0.6 is 11.3 Å². The lowest BCUT2D eigenvalue weighted by atomic mass is 9.94. The van der Waals surface area contributed by atoms with Crippen molar-refractivity contribution in [2.75, 3.05) is 25.4 Å². The van der Waals surface area contributed by atoms with Gasteiger partial charge in [0.25, 0.3) is 5.91 Å². The van der Waals surface area contributed by atoms with Crippen molar-refractivity contribution >= 4 is 23.2 Å². The van der Waals surface area contributed by atoms with Crippen molar-refractivity contribution in [1.82, 2.24) is 19.9 Å². The van der Waals surface area contributed by atoms with Gasteiger partial charge in [0.05, 0.1) is 11.9 Å². The first-order valence-electron chi connectivity index (χ1n) is 8.53. The highest BCUT2D eigenvalue weighted by Crippen LogP contribution is 2.29. The molecule has 0 aliphatic carbocycles. The van der Waals surface area contributed by atoms with Gasteiger partial charge in [0, 0.05) is 31.8 Å². The second-order valence-corrected chi connectivity index (χ2v) is 7.15. The van der Waals surface area contributed by atoms with Crippen LogP contribution in [0.1, 0.15) is 59.1 Å². The average molecular weight is 361 g/mol. The van der Waals surface area contributed by atoms with Crippen molar-refractivity contribution < 1.29 is 9.53 Å². The number of anilines is 1. The predicted molar refractivity (Wildman–Crippen MR) is 96.5 cm³/mol. The lowest BCUT2D eigenvalue weighted by molar-refractivity contribution is 0.0710. The summed E-state index contributed by atoms with van der Waals surface area (Å²) in [6, 6.07) is 1.88. The molecule has 1 fully saturated rings. The number of carbonyl (C=O) groups excluding carboxylic acids is 1. The number of rotatable bonds is 5. The highest BCUT2D eigenvalue weighted by molar-refractivity contribution is 7.13. The highest BCUT2D eigenvalue weighted by atomic mass is 32.1. The van der Waals surface area contributed by atoms with Crippen LogP contribution in [0.25, 0.3) is 0 Å². The Labute approximate surface area is 151 Å². The quantitative estimate of drug-likeness (QED) is 0.880. The molecule has 2 unspecified atom stereocenters. The van der Waals surface area contributed by atoms with Gasteiger partial charge in [0.15, 0.2) is 0 Å². The Bertz CT molecular complexity index is 735. The van der Waals surface area contributed by atoms with E-state index in [9.17, 15) is 4.79 Å². The summed E-state index contributed by atoms with van der Waals surface area (Å²) in [5.74, 6) is 0.495. The van der Waals surface area contributed by atoms with Gasteiger partial charge in [-0.25, -0.2) is 15.0 Å². The predicted octanol–water partition coefficient (Wildman–Crippen LogP) is 2.63. The average Bonchev–Trinajstić information content (AvgIpc) is 3.12. The summed E-state index contributed by atoms with van der Waals surface area (Å²) >= 11 is 1.41. The van der Waals surface area contributed by atoms with E-state index >= 15 is 0 Å². The van der Waals surface area contributed by atoms with Crippen LogP contribution in [0.2, 0.25) is 0 Å². The third-order valence-electron chi connectivity index (χ3n) is 4.32. The molecule has 2 aromatic heterocycles. The Morgan fingerprint density at radius 2 is 2.36 bits per heavy atom. The summed E-state index contributed by atoms with van der Waals surface area (Å²) < 4.78 is 5.55. The van der Waals surface area contributed by atoms with E-state index in [1.54, 1.807) is 12.4 Å². The Morgan fingerprint density at radius 3 is 3.12 bits per heavy atom. The van der Waals surface area contributed by atoms with Gasteiger partial charge in [0.1, 0.15) is 16.0 Å². The van der Waals surface area contributed by atoms with Crippen molar-refractivity contribution in [3.05, 3.63) is 34.0 Å². The number of nitrogen functional groups attached to an aromatic ring is 1. The third-order valence-corrected chi connectivity index (χ3v) is 5.47. The van der Waals surface area contributed by atoms with Gasteiger partial charge in [-0.05, 0) is 32.8 Å². The second kappa shape index (κ2) is 7.88. The minimum atomic E-state index is -0.0883. The van der Waals surface area contributed by atoms with Crippen LogP contribution in [0.4, 0.5) is 5.95 Å². The zero-order valence-corrected chi connectivity index (χ0v) is 15.3. The fourth-order valence-electron chi connectivity index (χ4n) is 3.07. The van der Waals surface area contributed by atoms with E-state index < -0.39 is 0 Å². The Kier molecular flexibility index (Phi) is 5.60. The van der Waals surface area contributed by atoms with Crippen LogP contribution in [0.15, 0.2) is 18.5 Å². The molecular formula is C17H23N5O2S. The molecule has 2 aromatic rings. The molecule has 1 aliphatic rings. The minimum Gasteiger partial charge on any atom is -0.372 e. The number of aromatic nitrogens is 3. The highest BCUT2D eigenvalue weighted by Gasteiger charge is 2.28. The van der Waals surface area contributed by atoms with Crippen LogP contribution in [-0.2, 0) is 4.74 Å². The van der Waals surface area contributed by atoms with Gasteiger partial charge in [-0.3, -0.25) is 4.79 Å². The van der Waals surface area contributed by atoms with Gasteiger partial charge in [-0.2, -0.15) is 0 Å². The molecule has 25 heavy (non-hydrogen) atoms. The second-order valence-electron chi connectivity index (χ2n) is 6.09. The first-order chi connectivity index (χ1) is 12.1. The number of amides is 1. The number of likely N-dealkylation sites (tertiary alicyclic amines) is 1. The van der Waals surface area contributed by atoms with Gasteiger partial charge < -0.3 is 15.4 Å². The molecule has 0 bridgehead atoms. The number of hydrogen-bond donors (Lipinski definition) is 1. The lowest BCUT2D eigenvalue weighted by Gasteiger charge is -2.32. The normalized spacial score (nSPS) is 19.0. The largest absolute Gasteiger partial charge is 0.372 e. The Hall–Kier alpha value is -2.06. The molecule has 134 valence electrons. The van der Waals surface area contributed by atoms with E-state index in [4.69, 9.17) is 10.5 Å².